The van der Waals surface area contributed by atoms with Gasteiger partial charge in [-0.3, -0.25) is 0 Å². The van der Waals surface area contributed by atoms with Crippen molar-refractivity contribution in [1.29, 1.82) is 0 Å². The van der Waals surface area contributed by atoms with Crippen LogP contribution in [0.3, 0.4) is 0 Å². The number of nitrogens with two attached hydrogens (primary N) is 1. The molecule has 0 spiro atoms. The molecule has 0 radical (unpaired) electrons. The molecule has 0 amide bonds. The molecule has 0 saturated carbocycles. The molecule has 5 heteroatoms. The number of hydrogen-bond donors (Lipinski definition) is 1. The first-order valence-electron chi connectivity index (χ1n) is 5.87. The molecule has 4 nitrogen and oxygen atoms in total. The van der Waals surface area contributed by atoms with Gasteiger partial charge >= 0.3 is 0 Å². The van der Waals surface area contributed by atoms with E-state index in [0.29, 0.717) is 19.6 Å². The van der Waals surface area contributed by atoms with Crippen molar-refractivity contribution in [2.75, 3.05) is 18.9 Å². The lowest BCUT2D eigenvalue weighted by molar-refractivity contribution is 0.0658. The zero-order chi connectivity index (χ0) is 12.4. The van der Waals surface area contributed by atoms with Crippen molar-refractivity contribution in [3.63, 3.8) is 0 Å². The molecule has 0 aromatic carbocycles. The summed E-state index contributed by atoms with van der Waals surface area (Å²) in [6.07, 6.45) is 1.56. The maximum atomic E-state index is 11.8. The van der Waals surface area contributed by atoms with Crippen LogP contribution in [-0.4, -0.2) is 38.7 Å². The smallest absolute Gasteiger partial charge is 0.152 e. The molecule has 2 unspecified atom stereocenters. The Morgan fingerprint density at radius 3 is 2.50 bits per heavy atom. The predicted molar refractivity (Wildman–Crippen MR) is 65.1 cm³/mol. The highest BCUT2D eigenvalue weighted by Crippen LogP contribution is 2.37. The molecule has 2 atom stereocenters. The van der Waals surface area contributed by atoms with Crippen molar-refractivity contribution in [2.24, 2.45) is 11.1 Å². The zero-order valence-corrected chi connectivity index (χ0v) is 11.2. The largest absolute Gasteiger partial charge is 0.378 e. The fourth-order valence-electron chi connectivity index (χ4n) is 2.10. The molecule has 1 fully saturated rings. The van der Waals surface area contributed by atoms with Gasteiger partial charge in [0.1, 0.15) is 0 Å². The average molecular weight is 249 g/mol. The highest BCUT2D eigenvalue weighted by Gasteiger charge is 2.41. The topological polar surface area (TPSA) is 69.4 Å². The lowest BCUT2D eigenvalue weighted by atomic mass is 9.79. The fourth-order valence-corrected chi connectivity index (χ4v) is 3.26. The van der Waals surface area contributed by atoms with E-state index < -0.39 is 9.84 Å². The summed E-state index contributed by atoms with van der Waals surface area (Å²) in [5.41, 5.74) is 5.65. The zero-order valence-electron chi connectivity index (χ0n) is 10.4. The van der Waals surface area contributed by atoms with Crippen LogP contribution in [-0.2, 0) is 14.6 Å². The van der Waals surface area contributed by atoms with Crippen LogP contribution in [0.15, 0.2) is 0 Å². The summed E-state index contributed by atoms with van der Waals surface area (Å²) in [5, 5.41) is -0.306. The standard InChI is InChI=1S/C11H23NO3S/c1-9(2)16(13,14)7-5-11(8-12)4-6-15-10(11)3/h9-10H,4-8,12H2,1-3H3. The number of sulfone groups is 1. The monoisotopic (exact) mass is 249 g/mol. The third-order valence-electron chi connectivity index (χ3n) is 3.84. The van der Waals surface area contributed by atoms with Crippen molar-refractivity contribution in [3.8, 4) is 0 Å². The van der Waals surface area contributed by atoms with Crippen molar-refractivity contribution < 1.29 is 13.2 Å². The normalized spacial score (nSPS) is 31.2. The highest BCUT2D eigenvalue weighted by atomic mass is 32.2. The van der Waals surface area contributed by atoms with Gasteiger partial charge in [-0.05, 0) is 33.6 Å². The summed E-state index contributed by atoms with van der Waals surface area (Å²) >= 11 is 0. The molecular weight excluding hydrogens is 226 g/mol. The van der Waals surface area contributed by atoms with Gasteiger partial charge in [0, 0.05) is 18.6 Å². The molecule has 1 saturated heterocycles. The second-order valence-electron chi connectivity index (χ2n) is 5.00. The molecule has 1 aliphatic rings. The van der Waals surface area contributed by atoms with Gasteiger partial charge in [0.25, 0.3) is 0 Å². The third kappa shape index (κ3) is 2.76. The second kappa shape index (κ2) is 5.02. The van der Waals surface area contributed by atoms with E-state index in [1.54, 1.807) is 13.8 Å². The number of rotatable bonds is 5. The third-order valence-corrected chi connectivity index (χ3v) is 6.05. The van der Waals surface area contributed by atoms with Crippen LogP contribution in [0.5, 0.6) is 0 Å². The summed E-state index contributed by atoms with van der Waals surface area (Å²) < 4.78 is 29.1. The van der Waals surface area contributed by atoms with Crippen molar-refractivity contribution in [2.45, 2.75) is 45.0 Å². The Hall–Kier alpha value is -0.130. The Bertz CT molecular complexity index is 326. The molecule has 1 rings (SSSR count). The Kier molecular flexibility index (Phi) is 4.37. The fraction of sp³-hybridized carbons (Fsp3) is 1.00. The molecule has 0 bridgehead atoms. The second-order valence-corrected chi connectivity index (χ2v) is 7.67. The molecule has 96 valence electrons. The SMILES string of the molecule is CC1OCCC1(CN)CCS(=O)(=O)C(C)C. The summed E-state index contributed by atoms with van der Waals surface area (Å²) in [6, 6.07) is 0. The molecule has 16 heavy (non-hydrogen) atoms. The van der Waals surface area contributed by atoms with Gasteiger partial charge in [0.2, 0.25) is 0 Å². The summed E-state index contributed by atoms with van der Waals surface area (Å²) in [4.78, 5) is 0. The van der Waals surface area contributed by atoms with Crippen LogP contribution >= 0.6 is 0 Å². The number of hydrogen-bond acceptors (Lipinski definition) is 4. The van der Waals surface area contributed by atoms with E-state index >= 15 is 0 Å². The molecule has 2 N–H and O–H groups in total. The van der Waals surface area contributed by atoms with Crippen molar-refractivity contribution in [3.05, 3.63) is 0 Å². The van der Waals surface area contributed by atoms with Crippen LogP contribution in [0.2, 0.25) is 0 Å². The molecule has 0 aliphatic carbocycles. The van der Waals surface area contributed by atoms with Crippen LogP contribution < -0.4 is 5.73 Å². The van der Waals surface area contributed by atoms with E-state index in [0.717, 1.165) is 6.42 Å². The van der Waals surface area contributed by atoms with Gasteiger partial charge in [-0.15, -0.1) is 0 Å². The van der Waals surface area contributed by atoms with Gasteiger partial charge in [0.05, 0.1) is 17.1 Å². The maximum absolute atomic E-state index is 11.8. The Morgan fingerprint density at radius 1 is 1.50 bits per heavy atom. The maximum Gasteiger partial charge on any atom is 0.152 e. The first kappa shape index (κ1) is 13.9. The quantitative estimate of drug-likeness (QED) is 0.787. The number of ether oxygens (including phenoxy) is 1. The summed E-state index contributed by atoms with van der Waals surface area (Å²) in [5.74, 6) is 0.218. The minimum atomic E-state index is -2.97. The molecule has 1 heterocycles. The van der Waals surface area contributed by atoms with E-state index in [1.807, 2.05) is 6.92 Å². The Labute approximate surface area is 98.5 Å². The minimum Gasteiger partial charge on any atom is -0.378 e. The Morgan fingerprint density at radius 2 is 2.12 bits per heavy atom. The van der Waals surface area contributed by atoms with Gasteiger partial charge in [-0.2, -0.15) is 0 Å². The predicted octanol–water partition coefficient (Wildman–Crippen LogP) is 0.954. The van der Waals surface area contributed by atoms with Crippen LogP contribution in [0, 0.1) is 5.41 Å². The van der Waals surface area contributed by atoms with E-state index in [2.05, 4.69) is 0 Å². The molecular formula is C11H23NO3S. The average Bonchev–Trinajstić information content (AvgIpc) is 2.58. The van der Waals surface area contributed by atoms with Crippen molar-refractivity contribution >= 4 is 9.84 Å². The van der Waals surface area contributed by atoms with Crippen LogP contribution in [0.1, 0.15) is 33.6 Å². The van der Waals surface area contributed by atoms with Gasteiger partial charge in [0.15, 0.2) is 9.84 Å². The minimum absolute atomic E-state index is 0.0693. The van der Waals surface area contributed by atoms with Crippen molar-refractivity contribution in [1.82, 2.24) is 0 Å². The van der Waals surface area contributed by atoms with Crippen LogP contribution in [0.25, 0.3) is 0 Å². The lowest BCUT2D eigenvalue weighted by Gasteiger charge is -2.30. The van der Waals surface area contributed by atoms with Gasteiger partial charge in [-0.1, -0.05) is 0 Å². The molecule has 0 aromatic heterocycles. The van der Waals surface area contributed by atoms with E-state index in [4.69, 9.17) is 10.5 Å². The van der Waals surface area contributed by atoms with Gasteiger partial charge in [-0.25, -0.2) is 8.42 Å². The highest BCUT2D eigenvalue weighted by molar-refractivity contribution is 7.91. The molecule has 0 aromatic rings. The first-order valence-corrected chi connectivity index (χ1v) is 7.59. The van der Waals surface area contributed by atoms with Gasteiger partial charge < -0.3 is 10.5 Å². The lowest BCUT2D eigenvalue weighted by Crippen LogP contribution is -2.39. The first-order chi connectivity index (χ1) is 7.34. The summed E-state index contributed by atoms with van der Waals surface area (Å²) in [7, 11) is -2.97. The van der Waals surface area contributed by atoms with Crippen LogP contribution in [0.4, 0.5) is 0 Å². The van der Waals surface area contributed by atoms with E-state index in [1.165, 1.54) is 0 Å². The van der Waals surface area contributed by atoms with E-state index in [9.17, 15) is 8.42 Å². The molecule has 1 aliphatic heterocycles. The Balaban J connectivity index is 2.66. The van der Waals surface area contributed by atoms with E-state index in [-0.39, 0.29) is 22.5 Å². The summed E-state index contributed by atoms with van der Waals surface area (Å²) in [6.45, 7) is 6.63.